The molecule has 0 spiro atoms. The van der Waals surface area contributed by atoms with Gasteiger partial charge in [0.25, 0.3) is 0 Å². The van der Waals surface area contributed by atoms with Gasteiger partial charge in [0, 0.05) is 13.7 Å². The highest BCUT2D eigenvalue weighted by Crippen LogP contribution is 2.04. The van der Waals surface area contributed by atoms with Gasteiger partial charge in [0.1, 0.15) is 5.82 Å². The maximum Gasteiger partial charge on any atom is 0.200 e. The van der Waals surface area contributed by atoms with Crippen LogP contribution >= 0.6 is 0 Å². The first-order chi connectivity index (χ1) is 7.83. The average Bonchev–Trinajstić information content (AvgIpc) is 2.75. The molecule has 2 rings (SSSR count). The Morgan fingerprint density at radius 1 is 1.56 bits per heavy atom. The summed E-state index contributed by atoms with van der Waals surface area (Å²) in [4.78, 5) is 0. The largest absolute Gasteiger partial charge is 0.383 e. The molecule has 0 fully saturated rings. The predicted molar refractivity (Wildman–Crippen MR) is 56.9 cm³/mol. The minimum absolute atomic E-state index is 0.0198. The summed E-state index contributed by atoms with van der Waals surface area (Å²) in [5, 5.41) is 18.3. The minimum Gasteiger partial charge on any atom is -0.383 e. The van der Waals surface area contributed by atoms with Crippen LogP contribution in [0.5, 0.6) is 0 Å². The number of nitrogens with two attached hydrogens (primary N) is 1. The zero-order chi connectivity index (χ0) is 11.4. The summed E-state index contributed by atoms with van der Waals surface area (Å²) in [5.41, 5.74) is 6.18. The molecule has 0 bridgehead atoms. The molecule has 1 atom stereocenters. The Bertz CT molecular complexity index is 456. The van der Waals surface area contributed by atoms with Crippen LogP contribution in [-0.2, 0) is 4.74 Å². The van der Waals surface area contributed by atoms with Gasteiger partial charge in [-0.05, 0) is 22.6 Å². The van der Waals surface area contributed by atoms with Crippen LogP contribution in [0.2, 0.25) is 0 Å². The molecule has 86 valence electrons. The Kier molecular flexibility index (Phi) is 3.22. The van der Waals surface area contributed by atoms with Crippen LogP contribution in [0.4, 0.5) is 5.82 Å². The van der Waals surface area contributed by atoms with E-state index in [-0.39, 0.29) is 6.04 Å². The van der Waals surface area contributed by atoms with Gasteiger partial charge >= 0.3 is 0 Å². The fourth-order valence-corrected chi connectivity index (χ4v) is 1.31. The van der Waals surface area contributed by atoms with Gasteiger partial charge in [0.2, 0.25) is 0 Å². The number of hydrogen-bond donors (Lipinski definition) is 2. The second-order valence-electron chi connectivity index (χ2n) is 3.28. The number of fused-ring (bicyclic) bond motifs is 1. The number of aromatic nitrogens is 5. The SMILES string of the molecule is COCC(CN)Nc1ccc2nnnn2n1. The monoisotopic (exact) mass is 223 g/mol. The van der Waals surface area contributed by atoms with Crippen molar-refractivity contribution in [2.24, 2.45) is 5.73 Å². The molecule has 0 saturated heterocycles. The molecule has 2 aromatic rings. The highest BCUT2D eigenvalue weighted by molar-refractivity contribution is 5.42. The van der Waals surface area contributed by atoms with Gasteiger partial charge in [0.15, 0.2) is 5.65 Å². The molecule has 0 aromatic carbocycles. The third-order valence-electron chi connectivity index (χ3n) is 2.07. The van der Waals surface area contributed by atoms with Gasteiger partial charge in [-0.3, -0.25) is 0 Å². The third kappa shape index (κ3) is 2.23. The van der Waals surface area contributed by atoms with Crippen molar-refractivity contribution in [3.63, 3.8) is 0 Å². The van der Waals surface area contributed by atoms with Gasteiger partial charge < -0.3 is 15.8 Å². The smallest absolute Gasteiger partial charge is 0.200 e. The molecule has 3 N–H and O–H groups in total. The molecular weight excluding hydrogens is 210 g/mol. The van der Waals surface area contributed by atoms with E-state index in [0.29, 0.717) is 24.6 Å². The maximum atomic E-state index is 5.58. The van der Waals surface area contributed by atoms with Gasteiger partial charge in [-0.15, -0.1) is 14.8 Å². The lowest BCUT2D eigenvalue weighted by Crippen LogP contribution is -2.33. The summed E-state index contributed by atoms with van der Waals surface area (Å²) in [7, 11) is 1.63. The van der Waals surface area contributed by atoms with E-state index in [0.717, 1.165) is 0 Å². The summed E-state index contributed by atoms with van der Waals surface area (Å²) in [6.45, 7) is 0.981. The highest BCUT2D eigenvalue weighted by atomic mass is 16.5. The standard InChI is InChI=1S/C8H13N7O/c1-16-5-6(4-9)10-7-2-3-8-11-13-14-15(8)12-7/h2-3,6H,4-5,9H2,1H3,(H,10,12). The number of tetrazole rings is 1. The van der Waals surface area contributed by atoms with Gasteiger partial charge in [-0.2, -0.15) is 0 Å². The van der Waals surface area contributed by atoms with Crippen molar-refractivity contribution in [3.8, 4) is 0 Å². The molecular formula is C8H13N7O. The lowest BCUT2D eigenvalue weighted by atomic mass is 10.3. The van der Waals surface area contributed by atoms with Crippen LogP contribution < -0.4 is 11.1 Å². The van der Waals surface area contributed by atoms with Crippen molar-refractivity contribution in [1.29, 1.82) is 0 Å². The van der Waals surface area contributed by atoms with E-state index < -0.39 is 0 Å². The van der Waals surface area contributed by atoms with Crippen molar-refractivity contribution < 1.29 is 4.74 Å². The number of rotatable bonds is 5. The summed E-state index contributed by atoms with van der Waals surface area (Å²) in [5.74, 6) is 0.660. The first-order valence-electron chi connectivity index (χ1n) is 4.84. The van der Waals surface area contributed by atoms with Crippen LogP contribution in [0.25, 0.3) is 5.65 Å². The van der Waals surface area contributed by atoms with Crippen molar-refractivity contribution in [2.75, 3.05) is 25.6 Å². The van der Waals surface area contributed by atoms with E-state index in [1.807, 2.05) is 0 Å². The lowest BCUT2D eigenvalue weighted by Gasteiger charge is -2.15. The maximum absolute atomic E-state index is 5.58. The van der Waals surface area contributed by atoms with E-state index in [4.69, 9.17) is 10.5 Å². The van der Waals surface area contributed by atoms with Crippen LogP contribution in [-0.4, -0.2) is 51.6 Å². The van der Waals surface area contributed by atoms with Gasteiger partial charge in [-0.25, -0.2) is 0 Å². The third-order valence-corrected chi connectivity index (χ3v) is 2.07. The Morgan fingerprint density at radius 2 is 2.44 bits per heavy atom. The van der Waals surface area contributed by atoms with Crippen molar-refractivity contribution >= 4 is 11.5 Å². The van der Waals surface area contributed by atoms with Crippen molar-refractivity contribution in [1.82, 2.24) is 25.3 Å². The van der Waals surface area contributed by atoms with E-state index in [9.17, 15) is 0 Å². The second-order valence-corrected chi connectivity index (χ2v) is 3.28. The second kappa shape index (κ2) is 4.81. The van der Waals surface area contributed by atoms with Gasteiger partial charge in [-0.1, -0.05) is 0 Å². The molecule has 1 unspecified atom stereocenters. The molecule has 0 amide bonds. The molecule has 0 aliphatic heterocycles. The van der Waals surface area contributed by atoms with Crippen LogP contribution in [0.15, 0.2) is 12.1 Å². The van der Waals surface area contributed by atoms with E-state index in [1.165, 1.54) is 4.63 Å². The van der Waals surface area contributed by atoms with Crippen molar-refractivity contribution in [2.45, 2.75) is 6.04 Å². The molecule has 0 aliphatic carbocycles. The highest BCUT2D eigenvalue weighted by Gasteiger charge is 2.07. The topological polar surface area (TPSA) is 103 Å². The quantitative estimate of drug-likeness (QED) is 0.663. The molecule has 2 heterocycles. The average molecular weight is 223 g/mol. The zero-order valence-electron chi connectivity index (χ0n) is 8.87. The number of ether oxygens (including phenoxy) is 1. The predicted octanol–water partition coefficient (Wildman–Crippen LogP) is -1.10. The van der Waals surface area contributed by atoms with Crippen molar-refractivity contribution in [3.05, 3.63) is 12.1 Å². The summed E-state index contributed by atoms with van der Waals surface area (Å²) < 4.78 is 6.37. The van der Waals surface area contributed by atoms with E-state index in [2.05, 4.69) is 25.9 Å². The first kappa shape index (κ1) is 10.7. The Balaban J connectivity index is 2.13. The van der Waals surface area contributed by atoms with E-state index >= 15 is 0 Å². The molecule has 0 aliphatic rings. The summed E-state index contributed by atoms with van der Waals surface area (Å²) >= 11 is 0. The number of hydrogen-bond acceptors (Lipinski definition) is 7. The van der Waals surface area contributed by atoms with Gasteiger partial charge in [0.05, 0.1) is 12.6 Å². The number of anilines is 1. The molecule has 0 radical (unpaired) electrons. The number of methoxy groups -OCH3 is 1. The van der Waals surface area contributed by atoms with Crippen LogP contribution in [0, 0.1) is 0 Å². The molecule has 8 nitrogen and oxygen atoms in total. The Morgan fingerprint density at radius 3 is 3.19 bits per heavy atom. The fraction of sp³-hybridized carbons (Fsp3) is 0.500. The Hall–Kier alpha value is -1.80. The van der Waals surface area contributed by atoms with E-state index in [1.54, 1.807) is 19.2 Å². The molecule has 16 heavy (non-hydrogen) atoms. The molecule has 8 heteroatoms. The first-order valence-corrected chi connectivity index (χ1v) is 4.84. The molecule has 2 aromatic heterocycles. The normalized spacial score (nSPS) is 12.9. The summed E-state index contributed by atoms with van der Waals surface area (Å²) in [6.07, 6.45) is 0. The Labute approximate surface area is 91.8 Å². The van der Waals surface area contributed by atoms with Crippen LogP contribution in [0.1, 0.15) is 0 Å². The molecule has 0 saturated carbocycles. The number of nitrogens with zero attached hydrogens (tertiary/aromatic N) is 5. The van der Waals surface area contributed by atoms with Crippen LogP contribution in [0.3, 0.4) is 0 Å². The minimum atomic E-state index is 0.0198. The number of nitrogens with one attached hydrogen (secondary N) is 1. The summed E-state index contributed by atoms with van der Waals surface area (Å²) in [6, 6.07) is 3.59. The zero-order valence-corrected chi connectivity index (χ0v) is 8.87. The lowest BCUT2D eigenvalue weighted by molar-refractivity contribution is 0.187. The fourth-order valence-electron chi connectivity index (χ4n) is 1.31.